The maximum atomic E-state index is 12.8. The summed E-state index contributed by atoms with van der Waals surface area (Å²) in [4.78, 5) is 17.5. The van der Waals surface area contributed by atoms with E-state index in [1.807, 2.05) is 4.90 Å². The van der Waals surface area contributed by atoms with Crippen LogP contribution >= 0.6 is 0 Å². The van der Waals surface area contributed by atoms with Crippen LogP contribution in [0.25, 0.3) is 0 Å². The van der Waals surface area contributed by atoms with E-state index < -0.39 is 9.84 Å². The van der Waals surface area contributed by atoms with E-state index in [0.29, 0.717) is 24.6 Å². The number of hydrogen-bond acceptors (Lipinski definition) is 5. The molecule has 2 fully saturated rings. The minimum absolute atomic E-state index is 0.0354. The number of ether oxygens (including phenoxy) is 1. The molecule has 0 bridgehead atoms. The second-order valence-electron chi connectivity index (χ2n) is 9.54. The second-order valence-corrected chi connectivity index (χ2v) is 11.6. The molecule has 0 unspecified atom stereocenters. The van der Waals surface area contributed by atoms with E-state index in [2.05, 4.69) is 29.2 Å². The van der Waals surface area contributed by atoms with Crippen molar-refractivity contribution in [2.75, 3.05) is 45.6 Å². The highest BCUT2D eigenvalue weighted by atomic mass is 32.2. The molecule has 0 saturated carbocycles. The molecule has 0 spiro atoms. The van der Waals surface area contributed by atoms with Crippen molar-refractivity contribution in [1.29, 1.82) is 0 Å². The topological polar surface area (TPSA) is 66.9 Å². The largest absolute Gasteiger partial charge is 0.494 e. The lowest BCUT2D eigenvalue weighted by Gasteiger charge is -2.32. The number of hydrogen-bond donors (Lipinski definition) is 0. The van der Waals surface area contributed by atoms with Crippen molar-refractivity contribution >= 4 is 15.7 Å². The second kappa shape index (κ2) is 11.4. The van der Waals surface area contributed by atoms with Gasteiger partial charge < -0.3 is 14.5 Å². The third kappa shape index (κ3) is 6.60. The zero-order chi connectivity index (χ0) is 24.0. The number of rotatable bonds is 8. The highest BCUT2D eigenvalue weighted by molar-refractivity contribution is 7.90. The molecule has 34 heavy (non-hydrogen) atoms. The van der Waals surface area contributed by atoms with Crippen LogP contribution in [0.2, 0.25) is 0 Å². The summed E-state index contributed by atoms with van der Waals surface area (Å²) < 4.78 is 29.2. The Labute approximate surface area is 203 Å². The first kappa shape index (κ1) is 24.7. The summed E-state index contributed by atoms with van der Waals surface area (Å²) in [5.41, 5.74) is 1.83. The van der Waals surface area contributed by atoms with Crippen LogP contribution in [0.1, 0.15) is 60.4 Å². The molecule has 0 atom stereocenters. The fraction of sp³-hybridized carbons (Fsp3) is 0.519. The number of benzene rings is 2. The molecular formula is C27H36N2O4S. The van der Waals surface area contributed by atoms with Crippen LogP contribution in [0.15, 0.2) is 53.4 Å². The summed E-state index contributed by atoms with van der Waals surface area (Å²) in [5, 5.41) is 0. The number of carbonyl (C=O) groups excluding carboxylic acids is 1. The van der Waals surface area contributed by atoms with Crippen LogP contribution in [-0.4, -0.2) is 69.7 Å². The molecule has 0 radical (unpaired) electrons. The first-order valence-electron chi connectivity index (χ1n) is 12.4. The van der Waals surface area contributed by atoms with Gasteiger partial charge in [-0.2, -0.15) is 0 Å². The van der Waals surface area contributed by atoms with Crippen molar-refractivity contribution in [2.24, 2.45) is 0 Å². The molecule has 2 aromatic rings. The van der Waals surface area contributed by atoms with Gasteiger partial charge in [0.25, 0.3) is 5.91 Å². The normalized spacial score (nSPS) is 18.1. The molecule has 2 aliphatic heterocycles. The number of carbonyl (C=O) groups is 1. The minimum atomic E-state index is -3.26. The Balaban J connectivity index is 1.21. The Morgan fingerprint density at radius 3 is 2.18 bits per heavy atom. The first-order valence-corrected chi connectivity index (χ1v) is 14.3. The van der Waals surface area contributed by atoms with Gasteiger partial charge in [0.05, 0.1) is 11.5 Å². The molecular weight excluding hydrogens is 448 g/mol. The van der Waals surface area contributed by atoms with Gasteiger partial charge in [-0.05, 0) is 93.1 Å². The SMILES string of the molecule is CS(=O)(=O)c1ccc(C(=O)N2CCC(c3ccc(OCCCN4CCCCC4)cc3)CC2)cc1. The fourth-order valence-electron chi connectivity index (χ4n) is 4.94. The van der Waals surface area contributed by atoms with Gasteiger partial charge in [0.1, 0.15) is 5.75 Å². The van der Waals surface area contributed by atoms with Crippen molar-refractivity contribution in [1.82, 2.24) is 9.80 Å². The number of piperidine rings is 2. The van der Waals surface area contributed by atoms with Crippen LogP contribution in [0.4, 0.5) is 0 Å². The molecule has 184 valence electrons. The predicted octanol–water partition coefficient (Wildman–Crippen LogP) is 4.36. The first-order chi connectivity index (χ1) is 16.4. The van der Waals surface area contributed by atoms with Crippen LogP contribution in [0.3, 0.4) is 0 Å². The quantitative estimate of drug-likeness (QED) is 0.521. The Morgan fingerprint density at radius 1 is 0.912 bits per heavy atom. The minimum Gasteiger partial charge on any atom is -0.494 e. The standard InChI is InChI=1S/C27H36N2O4S/c1-34(31,32)26-12-8-24(9-13-26)27(30)29-19-14-23(15-20-29)22-6-10-25(11-7-22)33-21-5-18-28-16-3-2-4-17-28/h6-13,23H,2-5,14-21H2,1H3. The molecule has 7 heteroatoms. The van der Waals surface area contributed by atoms with E-state index in [1.165, 1.54) is 56.3 Å². The van der Waals surface area contributed by atoms with Gasteiger partial charge in [-0.25, -0.2) is 8.42 Å². The van der Waals surface area contributed by atoms with Gasteiger partial charge in [0.2, 0.25) is 0 Å². The van der Waals surface area contributed by atoms with E-state index in [9.17, 15) is 13.2 Å². The van der Waals surface area contributed by atoms with Gasteiger partial charge in [-0.15, -0.1) is 0 Å². The molecule has 2 aliphatic rings. The molecule has 0 aromatic heterocycles. The summed E-state index contributed by atoms with van der Waals surface area (Å²) >= 11 is 0. The summed E-state index contributed by atoms with van der Waals surface area (Å²) in [7, 11) is -3.26. The lowest BCUT2D eigenvalue weighted by Crippen LogP contribution is -2.37. The smallest absolute Gasteiger partial charge is 0.253 e. The van der Waals surface area contributed by atoms with Crippen molar-refractivity contribution in [2.45, 2.75) is 49.3 Å². The summed E-state index contributed by atoms with van der Waals surface area (Å²) in [6.45, 7) is 5.74. The van der Waals surface area contributed by atoms with Crippen molar-refractivity contribution in [3.8, 4) is 5.75 Å². The van der Waals surface area contributed by atoms with Gasteiger partial charge in [-0.1, -0.05) is 18.6 Å². The zero-order valence-corrected chi connectivity index (χ0v) is 20.9. The third-order valence-electron chi connectivity index (χ3n) is 7.00. The summed E-state index contributed by atoms with van der Waals surface area (Å²) in [5.74, 6) is 1.32. The van der Waals surface area contributed by atoms with E-state index in [0.717, 1.165) is 38.2 Å². The zero-order valence-electron chi connectivity index (χ0n) is 20.1. The molecule has 0 aliphatic carbocycles. The Bertz CT molecular complexity index is 1040. The molecule has 6 nitrogen and oxygen atoms in total. The van der Waals surface area contributed by atoms with Crippen molar-refractivity contribution in [3.05, 3.63) is 59.7 Å². The highest BCUT2D eigenvalue weighted by Crippen LogP contribution is 2.30. The Hall–Kier alpha value is -2.38. The van der Waals surface area contributed by atoms with E-state index in [4.69, 9.17) is 4.74 Å². The maximum absolute atomic E-state index is 12.8. The van der Waals surface area contributed by atoms with Gasteiger partial charge >= 0.3 is 0 Å². The Kier molecular flexibility index (Phi) is 8.27. The number of likely N-dealkylation sites (tertiary alicyclic amines) is 2. The van der Waals surface area contributed by atoms with Crippen molar-refractivity contribution < 1.29 is 17.9 Å². The van der Waals surface area contributed by atoms with E-state index >= 15 is 0 Å². The van der Waals surface area contributed by atoms with Gasteiger partial charge in [0.15, 0.2) is 9.84 Å². The number of nitrogens with zero attached hydrogens (tertiary/aromatic N) is 2. The van der Waals surface area contributed by atoms with E-state index in [1.54, 1.807) is 12.1 Å². The van der Waals surface area contributed by atoms with Crippen LogP contribution in [0.5, 0.6) is 5.75 Å². The molecule has 2 heterocycles. The summed E-state index contributed by atoms with van der Waals surface area (Å²) in [6, 6.07) is 14.7. The monoisotopic (exact) mass is 484 g/mol. The van der Waals surface area contributed by atoms with Crippen LogP contribution in [0, 0.1) is 0 Å². The number of amides is 1. The predicted molar refractivity (Wildman–Crippen MR) is 134 cm³/mol. The molecule has 1 amide bonds. The van der Waals surface area contributed by atoms with Crippen LogP contribution < -0.4 is 4.74 Å². The fourth-order valence-corrected chi connectivity index (χ4v) is 5.57. The van der Waals surface area contributed by atoms with Gasteiger partial charge in [0, 0.05) is 31.5 Å². The van der Waals surface area contributed by atoms with E-state index in [-0.39, 0.29) is 10.8 Å². The molecule has 2 saturated heterocycles. The number of sulfone groups is 1. The molecule has 0 N–H and O–H groups in total. The van der Waals surface area contributed by atoms with Crippen LogP contribution in [-0.2, 0) is 9.84 Å². The Morgan fingerprint density at radius 2 is 1.56 bits per heavy atom. The molecule has 2 aromatic carbocycles. The lowest BCUT2D eigenvalue weighted by molar-refractivity contribution is 0.0713. The molecule has 4 rings (SSSR count). The maximum Gasteiger partial charge on any atom is 0.253 e. The van der Waals surface area contributed by atoms with Gasteiger partial charge in [-0.3, -0.25) is 4.79 Å². The lowest BCUT2D eigenvalue weighted by atomic mass is 9.89. The third-order valence-corrected chi connectivity index (χ3v) is 8.13. The average molecular weight is 485 g/mol. The summed E-state index contributed by atoms with van der Waals surface area (Å²) in [6.07, 6.45) is 8.10. The highest BCUT2D eigenvalue weighted by Gasteiger charge is 2.25. The van der Waals surface area contributed by atoms with Crippen molar-refractivity contribution in [3.63, 3.8) is 0 Å². The average Bonchev–Trinajstić information content (AvgIpc) is 2.87.